The van der Waals surface area contributed by atoms with Crippen molar-refractivity contribution in [1.82, 2.24) is 0 Å². The summed E-state index contributed by atoms with van der Waals surface area (Å²) in [7, 11) is -16.7. The van der Waals surface area contributed by atoms with Gasteiger partial charge in [0.25, 0.3) is 0 Å². The summed E-state index contributed by atoms with van der Waals surface area (Å²) >= 11 is 0. The van der Waals surface area contributed by atoms with Gasteiger partial charge in [0.1, 0.15) is 0 Å². The van der Waals surface area contributed by atoms with E-state index in [1.165, 1.54) is 55.6 Å². The Morgan fingerprint density at radius 2 is 0.576 bits per heavy atom. The number of rotatable bonds is 0. The number of halogens is 10. The molecule has 0 unspecified atom stereocenters. The summed E-state index contributed by atoms with van der Waals surface area (Å²) in [4.78, 5) is 0. The van der Waals surface area contributed by atoms with E-state index in [1.54, 1.807) is 0 Å². The average molecular weight is 561 g/mol. The van der Waals surface area contributed by atoms with Gasteiger partial charge in [-0.15, -0.1) is 0 Å². The molecular formula is C20H30BCoF10P-2. The summed E-state index contributed by atoms with van der Waals surface area (Å²) < 4.78 is 98.2. The smallest absolute Gasteiger partial charge is 2.00 e. The second-order valence-corrected chi connectivity index (χ2v) is 9.62. The molecule has 2 aromatic carbocycles. The van der Waals surface area contributed by atoms with Gasteiger partial charge in [0.15, 0.2) is 0 Å². The fraction of sp³-hybridized carbons (Fsp3) is 0.500. The molecule has 0 spiro atoms. The molecule has 0 saturated carbocycles. The van der Waals surface area contributed by atoms with Gasteiger partial charge in [-0.1, -0.05) is 69.2 Å². The molecule has 0 aliphatic rings. The van der Waals surface area contributed by atoms with E-state index in [2.05, 4.69) is 69.2 Å². The van der Waals surface area contributed by atoms with Gasteiger partial charge in [-0.3, -0.25) is 0 Å². The minimum atomic E-state index is -10.7. The molecule has 0 aromatic heterocycles. The molecule has 0 aliphatic heterocycles. The van der Waals surface area contributed by atoms with E-state index in [9.17, 15) is 42.4 Å². The minimum absolute atomic E-state index is 0. The standard InChI is InChI=1S/2C10H15.BF4.Co.F6P/c2*1-6-7(2)9(4)10(5)8(6)3;2-1(3,4)5;;1-7(2,3,4,5)6/h2*1-5H3;;;/q3*-1;+2;-1. The van der Waals surface area contributed by atoms with Gasteiger partial charge in [-0.2, -0.15) is 55.6 Å². The monoisotopic (exact) mass is 561 g/mol. The number of hydrogen-bond acceptors (Lipinski definition) is 0. The first-order valence-corrected chi connectivity index (χ1v) is 11.4. The van der Waals surface area contributed by atoms with Crippen LogP contribution >= 0.6 is 7.81 Å². The molecule has 199 valence electrons. The van der Waals surface area contributed by atoms with Gasteiger partial charge >= 0.3 is 57.0 Å². The van der Waals surface area contributed by atoms with Crippen molar-refractivity contribution < 1.29 is 59.2 Å². The van der Waals surface area contributed by atoms with Crippen molar-refractivity contribution in [3.8, 4) is 0 Å². The third-order valence-corrected chi connectivity index (χ3v) is 5.62. The summed E-state index contributed by atoms with van der Waals surface area (Å²) in [5, 5.41) is 0. The molecule has 2 rings (SSSR count). The molecular weight excluding hydrogens is 531 g/mol. The molecule has 13 heteroatoms. The van der Waals surface area contributed by atoms with Crippen LogP contribution in [0.3, 0.4) is 0 Å². The first-order chi connectivity index (χ1) is 13.6. The first kappa shape index (κ1) is 36.6. The maximum Gasteiger partial charge on any atom is 2.00 e. The summed E-state index contributed by atoms with van der Waals surface area (Å²) in [5.41, 5.74) is 14.7. The Balaban J connectivity index is -0.000000373. The molecule has 0 fully saturated rings. The summed E-state index contributed by atoms with van der Waals surface area (Å²) in [6, 6.07) is 0. The molecule has 0 saturated heterocycles. The second kappa shape index (κ2) is 11.2. The van der Waals surface area contributed by atoms with E-state index >= 15 is 0 Å². The van der Waals surface area contributed by atoms with Crippen molar-refractivity contribution in [2.24, 2.45) is 0 Å². The molecule has 0 amide bonds. The second-order valence-electron chi connectivity index (χ2n) is 7.70. The molecule has 0 heterocycles. The molecule has 1 radical (unpaired) electrons. The van der Waals surface area contributed by atoms with E-state index in [0.717, 1.165) is 0 Å². The van der Waals surface area contributed by atoms with Crippen molar-refractivity contribution in [2.45, 2.75) is 69.2 Å². The molecule has 0 N–H and O–H groups in total. The average Bonchev–Trinajstić information content (AvgIpc) is 2.82. The SMILES string of the molecule is Cc1c(C)c(C)[c-](C)c1C.Cc1c(C)c(C)[c-](C)c1C.F[B-](F)(F)F.F[P-](F)(F)(F)(F)F.[Co+2]. The Morgan fingerprint density at radius 3 is 0.606 bits per heavy atom. The first-order valence-electron chi connectivity index (χ1n) is 9.39. The Kier molecular flexibility index (Phi) is 12.4. The fourth-order valence-corrected chi connectivity index (χ4v) is 2.81. The largest absolute Gasteiger partial charge is 2.00 e. The van der Waals surface area contributed by atoms with Crippen LogP contribution in [0.4, 0.5) is 42.4 Å². The van der Waals surface area contributed by atoms with Crippen LogP contribution in [0.2, 0.25) is 0 Å². The van der Waals surface area contributed by atoms with Crippen LogP contribution in [0.25, 0.3) is 0 Å². The van der Waals surface area contributed by atoms with E-state index in [0.29, 0.717) is 0 Å². The van der Waals surface area contributed by atoms with E-state index in [1.807, 2.05) is 0 Å². The molecule has 0 bridgehead atoms. The predicted octanol–water partition coefficient (Wildman–Crippen LogP) is 10.6. The Hall–Kier alpha value is -0.999. The zero-order valence-electron chi connectivity index (χ0n) is 20.1. The zero-order chi connectivity index (χ0) is 26.7. The third-order valence-electron chi connectivity index (χ3n) is 5.62. The van der Waals surface area contributed by atoms with Crippen LogP contribution in [0.5, 0.6) is 0 Å². The summed E-state index contributed by atoms with van der Waals surface area (Å²) in [5.74, 6) is 0. The van der Waals surface area contributed by atoms with Crippen LogP contribution in [0, 0.1) is 69.2 Å². The van der Waals surface area contributed by atoms with Crippen molar-refractivity contribution in [3.05, 3.63) is 55.6 Å². The number of hydrogen-bond donors (Lipinski definition) is 0. The van der Waals surface area contributed by atoms with Gasteiger partial charge in [-0.05, 0) is 0 Å². The van der Waals surface area contributed by atoms with Gasteiger partial charge in [0, 0.05) is 0 Å². The van der Waals surface area contributed by atoms with Crippen LogP contribution in [-0.2, 0) is 16.8 Å². The van der Waals surface area contributed by atoms with Crippen molar-refractivity contribution >= 4 is 15.1 Å². The predicted molar refractivity (Wildman–Crippen MR) is 115 cm³/mol. The van der Waals surface area contributed by atoms with Gasteiger partial charge in [-0.25, -0.2) is 0 Å². The Labute approximate surface area is 199 Å². The van der Waals surface area contributed by atoms with Gasteiger partial charge in [0.2, 0.25) is 0 Å². The van der Waals surface area contributed by atoms with Crippen LogP contribution in [0.15, 0.2) is 0 Å². The van der Waals surface area contributed by atoms with Crippen LogP contribution in [-0.4, -0.2) is 7.25 Å². The van der Waals surface area contributed by atoms with Crippen LogP contribution < -0.4 is 0 Å². The van der Waals surface area contributed by atoms with Gasteiger partial charge in [0.05, 0.1) is 0 Å². The van der Waals surface area contributed by atoms with Crippen LogP contribution in [0.1, 0.15) is 55.6 Å². The molecule has 33 heavy (non-hydrogen) atoms. The maximum absolute atomic E-state index is 10.7. The van der Waals surface area contributed by atoms with Crippen molar-refractivity contribution in [3.63, 3.8) is 0 Å². The fourth-order valence-electron chi connectivity index (χ4n) is 2.81. The summed E-state index contributed by atoms with van der Waals surface area (Å²) in [6.07, 6.45) is 0. The van der Waals surface area contributed by atoms with E-state index in [4.69, 9.17) is 0 Å². The molecule has 0 atom stereocenters. The minimum Gasteiger partial charge on any atom is 2.00 e. The Morgan fingerprint density at radius 1 is 0.485 bits per heavy atom. The third kappa shape index (κ3) is 17.1. The van der Waals surface area contributed by atoms with E-state index in [-0.39, 0.29) is 16.8 Å². The maximum atomic E-state index is 9.87. The van der Waals surface area contributed by atoms with Crippen molar-refractivity contribution in [2.75, 3.05) is 0 Å². The molecule has 0 aliphatic carbocycles. The zero-order valence-corrected chi connectivity index (χ0v) is 22.1. The normalized spacial score (nSPS) is 13.1. The summed E-state index contributed by atoms with van der Waals surface area (Å²) in [6.45, 7) is 22.0. The van der Waals surface area contributed by atoms with E-state index < -0.39 is 15.1 Å². The topological polar surface area (TPSA) is 0 Å². The Bertz CT molecular complexity index is 686. The van der Waals surface area contributed by atoms with Crippen molar-refractivity contribution in [1.29, 1.82) is 0 Å². The van der Waals surface area contributed by atoms with Gasteiger partial charge < -0.3 is 17.3 Å². The quantitative estimate of drug-likeness (QED) is 0.130. The molecule has 0 nitrogen and oxygen atoms in total. The molecule has 2 aromatic rings.